The summed E-state index contributed by atoms with van der Waals surface area (Å²) in [4.78, 5) is 4.41. The van der Waals surface area contributed by atoms with Gasteiger partial charge in [0, 0.05) is 25.8 Å². The normalized spacial score (nSPS) is 17.4. The second-order valence-electron chi connectivity index (χ2n) is 5.32. The van der Waals surface area contributed by atoms with Gasteiger partial charge in [-0.25, -0.2) is 5.84 Å². The first-order valence-electron chi connectivity index (χ1n) is 7.07. The Balaban J connectivity index is 2.09. The van der Waals surface area contributed by atoms with Crippen molar-refractivity contribution in [1.29, 1.82) is 0 Å². The minimum Gasteiger partial charge on any atom is -0.381 e. The van der Waals surface area contributed by atoms with Crippen molar-refractivity contribution in [2.45, 2.75) is 52.0 Å². The number of nitrogens with one attached hydrogen (secondary N) is 2. The number of rotatable bonds is 7. The molecule has 0 radical (unpaired) electrons. The van der Waals surface area contributed by atoms with Crippen molar-refractivity contribution in [3.8, 4) is 0 Å². The summed E-state index contributed by atoms with van der Waals surface area (Å²) in [6, 6.07) is 0.539. The van der Waals surface area contributed by atoms with Crippen LogP contribution in [-0.4, -0.2) is 31.8 Å². The fourth-order valence-corrected chi connectivity index (χ4v) is 2.07. The SMILES string of the molecule is CC(C)COCCCN=C(NN)NC1CCCC1. The molecule has 0 bridgehead atoms. The van der Waals surface area contributed by atoms with Crippen LogP contribution in [0.25, 0.3) is 0 Å². The van der Waals surface area contributed by atoms with Crippen LogP contribution in [0, 0.1) is 5.92 Å². The number of hydrogen-bond acceptors (Lipinski definition) is 3. The predicted octanol–water partition coefficient (Wildman–Crippen LogP) is 1.40. The van der Waals surface area contributed by atoms with E-state index in [1.54, 1.807) is 0 Å². The molecule has 0 aliphatic heterocycles. The molecule has 5 heteroatoms. The Hall–Kier alpha value is -0.810. The Morgan fingerprint density at radius 1 is 1.39 bits per heavy atom. The van der Waals surface area contributed by atoms with Gasteiger partial charge in [0.05, 0.1) is 0 Å². The molecule has 0 spiro atoms. The van der Waals surface area contributed by atoms with E-state index in [0.717, 1.165) is 26.2 Å². The van der Waals surface area contributed by atoms with Crippen LogP contribution in [0.1, 0.15) is 46.0 Å². The van der Waals surface area contributed by atoms with Gasteiger partial charge in [-0.1, -0.05) is 26.7 Å². The molecule has 1 saturated carbocycles. The zero-order valence-electron chi connectivity index (χ0n) is 11.7. The van der Waals surface area contributed by atoms with E-state index in [1.807, 2.05) is 0 Å². The first-order chi connectivity index (χ1) is 8.72. The second kappa shape index (κ2) is 9.16. The summed E-state index contributed by atoms with van der Waals surface area (Å²) in [5, 5.41) is 3.35. The fraction of sp³-hybridized carbons (Fsp3) is 0.923. The summed E-state index contributed by atoms with van der Waals surface area (Å²) in [6.45, 7) is 6.65. The standard InChI is InChI=1S/C13H28N4O/c1-11(2)10-18-9-5-8-15-13(17-14)16-12-6-3-4-7-12/h11-12H,3-10,14H2,1-2H3,(H2,15,16,17). The number of aliphatic imine (C=N–C) groups is 1. The van der Waals surface area contributed by atoms with E-state index in [2.05, 4.69) is 29.6 Å². The third-order valence-corrected chi connectivity index (χ3v) is 3.00. The number of nitrogens with zero attached hydrogens (tertiary/aromatic N) is 1. The lowest BCUT2D eigenvalue weighted by Gasteiger charge is -2.15. The zero-order valence-corrected chi connectivity index (χ0v) is 11.7. The summed E-state index contributed by atoms with van der Waals surface area (Å²) in [5.74, 6) is 6.77. The highest BCUT2D eigenvalue weighted by atomic mass is 16.5. The minimum atomic E-state index is 0.539. The van der Waals surface area contributed by atoms with Crippen molar-refractivity contribution in [3.63, 3.8) is 0 Å². The third kappa shape index (κ3) is 6.81. The van der Waals surface area contributed by atoms with Crippen molar-refractivity contribution in [3.05, 3.63) is 0 Å². The number of guanidine groups is 1. The van der Waals surface area contributed by atoms with Gasteiger partial charge in [0.2, 0.25) is 5.96 Å². The average Bonchev–Trinajstić information content (AvgIpc) is 2.84. The molecule has 0 aromatic carbocycles. The molecular formula is C13H28N4O. The molecule has 1 rings (SSSR count). The molecule has 1 aliphatic carbocycles. The molecular weight excluding hydrogens is 228 g/mol. The van der Waals surface area contributed by atoms with Gasteiger partial charge in [0.15, 0.2) is 0 Å². The van der Waals surface area contributed by atoms with E-state index in [4.69, 9.17) is 10.6 Å². The molecule has 0 aromatic rings. The quantitative estimate of drug-likeness (QED) is 0.212. The van der Waals surface area contributed by atoms with Crippen molar-refractivity contribution < 1.29 is 4.74 Å². The Morgan fingerprint density at radius 3 is 2.72 bits per heavy atom. The number of nitrogens with two attached hydrogens (primary N) is 1. The molecule has 0 unspecified atom stereocenters. The molecule has 18 heavy (non-hydrogen) atoms. The monoisotopic (exact) mass is 256 g/mol. The van der Waals surface area contributed by atoms with Gasteiger partial charge >= 0.3 is 0 Å². The fourth-order valence-electron chi connectivity index (χ4n) is 2.07. The Labute approximate surface area is 111 Å². The summed E-state index contributed by atoms with van der Waals surface area (Å²) < 4.78 is 5.50. The highest BCUT2D eigenvalue weighted by Gasteiger charge is 2.15. The zero-order chi connectivity index (χ0) is 13.2. The maximum Gasteiger partial charge on any atom is 0.205 e. The molecule has 0 atom stereocenters. The van der Waals surface area contributed by atoms with Gasteiger partial charge in [-0.15, -0.1) is 0 Å². The van der Waals surface area contributed by atoms with Gasteiger partial charge in [-0.2, -0.15) is 0 Å². The molecule has 106 valence electrons. The van der Waals surface area contributed by atoms with Gasteiger partial charge in [0.1, 0.15) is 0 Å². The van der Waals surface area contributed by atoms with E-state index in [0.29, 0.717) is 17.9 Å². The molecule has 0 heterocycles. The maximum atomic E-state index is 5.50. The van der Waals surface area contributed by atoms with Crippen molar-refractivity contribution in [2.24, 2.45) is 16.8 Å². The van der Waals surface area contributed by atoms with Crippen LogP contribution < -0.4 is 16.6 Å². The van der Waals surface area contributed by atoms with Crippen molar-refractivity contribution >= 4 is 5.96 Å². The van der Waals surface area contributed by atoms with Crippen LogP contribution >= 0.6 is 0 Å². The van der Waals surface area contributed by atoms with E-state index < -0.39 is 0 Å². The first kappa shape index (κ1) is 15.2. The van der Waals surface area contributed by atoms with Crippen LogP contribution in [0.4, 0.5) is 0 Å². The lowest BCUT2D eigenvalue weighted by Crippen LogP contribution is -2.45. The van der Waals surface area contributed by atoms with E-state index in [-0.39, 0.29) is 0 Å². The largest absolute Gasteiger partial charge is 0.381 e. The summed E-state index contributed by atoms with van der Waals surface area (Å²) in [7, 11) is 0. The smallest absolute Gasteiger partial charge is 0.205 e. The second-order valence-corrected chi connectivity index (χ2v) is 5.32. The average molecular weight is 256 g/mol. The topological polar surface area (TPSA) is 71.7 Å². The summed E-state index contributed by atoms with van der Waals surface area (Å²) >= 11 is 0. The maximum absolute atomic E-state index is 5.50. The Morgan fingerprint density at radius 2 is 2.11 bits per heavy atom. The highest BCUT2D eigenvalue weighted by Crippen LogP contribution is 2.17. The predicted molar refractivity (Wildman–Crippen MR) is 75.3 cm³/mol. The van der Waals surface area contributed by atoms with Gasteiger partial charge in [-0.05, 0) is 25.2 Å². The van der Waals surface area contributed by atoms with E-state index in [1.165, 1.54) is 25.7 Å². The molecule has 0 amide bonds. The van der Waals surface area contributed by atoms with Crippen LogP contribution in [0.3, 0.4) is 0 Å². The van der Waals surface area contributed by atoms with Crippen LogP contribution in [0.2, 0.25) is 0 Å². The molecule has 1 fully saturated rings. The Bertz CT molecular complexity index is 237. The molecule has 0 saturated heterocycles. The summed E-state index contributed by atoms with van der Waals surface area (Å²) in [5.41, 5.74) is 2.64. The number of hydrogen-bond donors (Lipinski definition) is 3. The first-order valence-corrected chi connectivity index (χ1v) is 7.07. The molecule has 5 nitrogen and oxygen atoms in total. The van der Waals surface area contributed by atoms with E-state index in [9.17, 15) is 0 Å². The third-order valence-electron chi connectivity index (χ3n) is 3.00. The van der Waals surface area contributed by atoms with E-state index >= 15 is 0 Å². The molecule has 0 aromatic heterocycles. The van der Waals surface area contributed by atoms with Crippen LogP contribution in [0.15, 0.2) is 4.99 Å². The van der Waals surface area contributed by atoms with Gasteiger partial charge in [0.25, 0.3) is 0 Å². The number of ether oxygens (including phenoxy) is 1. The van der Waals surface area contributed by atoms with Crippen molar-refractivity contribution in [2.75, 3.05) is 19.8 Å². The summed E-state index contributed by atoms with van der Waals surface area (Å²) in [6.07, 6.45) is 5.98. The van der Waals surface area contributed by atoms with Crippen molar-refractivity contribution in [1.82, 2.24) is 10.7 Å². The molecule has 4 N–H and O–H groups in total. The highest BCUT2D eigenvalue weighted by molar-refractivity contribution is 5.79. The van der Waals surface area contributed by atoms with Crippen LogP contribution in [-0.2, 0) is 4.74 Å². The van der Waals surface area contributed by atoms with Gasteiger partial charge < -0.3 is 10.1 Å². The number of hydrazine groups is 1. The Kier molecular flexibility index (Phi) is 7.76. The lowest BCUT2D eigenvalue weighted by molar-refractivity contribution is 0.109. The van der Waals surface area contributed by atoms with Crippen LogP contribution in [0.5, 0.6) is 0 Å². The lowest BCUT2D eigenvalue weighted by atomic mass is 10.2. The minimum absolute atomic E-state index is 0.539. The van der Waals surface area contributed by atoms with Gasteiger partial charge in [-0.3, -0.25) is 10.4 Å². The molecule has 1 aliphatic rings.